The number of hydrogen-bond donors (Lipinski definition) is 2. The van der Waals surface area contributed by atoms with Crippen LogP contribution in [0.4, 0.5) is 5.69 Å². The molecule has 106 valence electrons. The summed E-state index contributed by atoms with van der Waals surface area (Å²) < 4.78 is 5.51. The minimum atomic E-state index is -0.0814. The second-order valence-electron chi connectivity index (χ2n) is 4.54. The lowest BCUT2D eigenvalue weighted by Gasteiger charge is -2.12. The molecule has 1 aromatic carbocycles. The summed E-state index contributed by atoms with van der Waals surface area (Å²) in [4.78, 5) is 11.6. The van der Waals surface area contributed by atoms with Crippen LogP contribution in [0.25, 0.3) is 0 Å². The third kappa shape index (κ3) is 5.94. The molecule has 0 aliphatic carbocycles. The van der Waals surface area contributed by atoms with Crippen molar-refractivity contribution >= 4 is 23.2 Å². The maximum atomic E-state index is 11.6. The molecule has 0 aliphatic heterocycles. The fourth-order valence-corrected chi connectivity index (χ4v) is 1.77. The fraction of sp³-hybridized carbons (Fsp3) is 0.500. The van der Waals surface area contributed by atoms with Gasteiger partial charge in [0.05, 0.1) is 11.1 Å². The molecule has 0 saturated heterocycles. The summed E-state index contributed by atoms with van der Waals surface area (Å²) >= 11 is 6.07. The van der Waals surface area contributed by atoms with Crippen molar-refractivity contribution in [1.82, 2.24) is 0 Å². The summed E-state index contributed by atoms with van der Waals surface area (Å²) in [6, 6.07) is 5.17. The second kappa shape index (κ2) is 8.02. The van der Waals surface area contributed by atoms with E-state index in [0.29, 0.717) is 35.7 Å². The van der Waals surface area contributed by atoms with Crippen LogP contribution < -0.4 is 10.1 Å². The first-order chi connectivity index (χ1) is 9.02. The zero-order valence-electron chi connectivity index (χ0n) is 11.3. The molecule has 4 nitrogen and oxygen atoms in total. The SMILES string of the molecule is CC(C)Oc1ccc(NC(=O)CCCCO)cc1Cl. The summed E-state index contributed by atoms with van der Waals surface area (Å²) in [7, 11) is 0. The van der Waals surface area contributed by atoms with Gasteiger partial charge in [-0.3, -0.25) is 4.79 Å². The average Bonchev–Trinajstić information content (AvgIpc) is 2.32. The van der Waals surface area contributed by atoms with Crippen molar-refractivity contribution in [2.45, 2.75) is 39.2 Å². The molecule has 19 heavy (non-hydrogen) atoms. The number of rotatable bonds is 7. The average molecular weight is 286 g/mol. The van der Waals surface area contributed by atoms with Crippen LogP contribution in [-0.2, 0) is 4.79 Å². The molecule has 1 amide bonds. The molecule has 2 N–H and O–H groups in total. The van der Waals surface area contributed by atoms with Gasteiger partial charge in [0, 0.05) is 18.7 Å². The highest BCUT2D eigenvalue weighted by Gasteiger charge is 2.07. The van der Waals surface area contributed by atoms with Crippen LogP contribution in [0.15, 0.2) is 18.2 Å². The summed E-state index contributed by atoms with van der Waals surface area (Å²) in [6.45, 7) is 3.96. The normalized spacial score (nSPS) is 10.6. The quantitative estimate of drug-likeness (QED) is 0.756. The number of unbranched alkanes of at least 4 members (excludes halogenated alkanes) is 1. The molecule has 0 fully saturated rings. The molecule has 0 heterocycles. The zero-order valence-corrected chi connectivity index (χ0v) is 12.0. The molecule has 0 spiro atoms. The van der Waals surface area contributed by atoms with E-state index < -0.39 is 0 Å². The van der Waals surface area contributed by atoms with Crippen LogP contribution in [0.3, 0.4) is 0 Å². The van der Waals surface area contributed by atoms with Crippen molar-refractivity contribution in [2.75, 3.05) is 11.9 Å². The molecule has 5 heteroatoms. The Hall–Kier alpha value is -1.26. The van der Waals surface area contributed by atoms with Crippen molar-refractivity contribution in [3.63, 3.8) is 0 Å². The summed E-state index contributed by atoms with van der Waals surface area (Å²) in [5, 5.41) is 11.9. The lowest BCUT2D eigenvalue weighted by Crippen LogP contribution is -2.11. The monoisotopic (exact) mass is 285 g/mol. The Morgan fingerprint density at radius 1 is 1.42 bits per heavy atom. The van der Waals surface area contributed by atoms with Gasteiger partial charge in [-0.2, -0.15) is 0 Å². The number of carbonyl (C=O) groups excluding carboxylic acids is 1. The molecular weight excluding hydrogens is 266 g/mol. The van der Waals surface area contributed by atoms with Gasteiger partial charge in [0.2, 0.25) is 5.91 Å². The first-order valence-electron chi connectivity index (χ1n) is 6.40. The van der Waals surface area contributed by atoms with Gasteiger partial charge in [-0.05, 0) is 44.9 Å². The molecular formula is C14H20ClNO3. The van der Waals surface area contributed by atoms with E-state index in [9.17, 15) is 4.79 Å². The van der Waals surface area contributed by atoms with Gasteiger partial charge in [-0.25, -0.2) is 0 Å². The van der Waals surface area contributed by atoms with Crippen LogP contribution in [0.2, 0.25) is 5.02 Å². The van der Waals surface area contributed by atoms with Crippen molar-refractivity contribution in [3.05, 3.63) is 23.2 Å². The van der Waals surface area contributed by atoms with Gasteiger partial charge in [-0.1, -0.05) is 11.6 Å². The molecule has 0 bridgehead atoms. The van der Waals surface area contributed by atoms with Crippen LogP contribution >= 0.6 is 11.6 Å². The van der Waals surface area contributed by atoms with Crippen molar-refractivity contribution in [3.8, 4) is 5.75 Å². The molecule has 1 aromatic rings. The predicted octanol–water partition coefficient (Wildman–Crippen LogP) is 3.23. The van der Waals surface area contributed by atoms with Crippen LogP contribution in [-0.4, -0.2) is 23.7 Å². The lowest BCUT2D eigenvalue weighted by atomic mass is 10.2. The first kappa shape index (κ1) is 15.8. The van der Waals surface area contributed by atoms with Crippen LogP contribution in [0, 0.1) is 0 Å². The van der Waals surface area contributed by atoms with E-state index in [0.717, 1.165) is 0 Å². The number of benzene rings is 1. The van der Waals surface area contributed by atoms with Gasteiger partial charge < -0.3 is 15.2 Å². The highest BCUT2D eigenvalue weighted by Crippen LogP contribution is 2.28. The molecule has 0 saturated carbocycles. The number of amides is 1. The topological polar surface area (TPSA) is 58.6 Å². The summed E-state index contributed by atoms with van der Waals surface area (Å²) in [5.41, 5.74) is 0.648. The van der Waals surface area contributed by atoms with E-state index in [1.807, 2.05) is 13.8 Å². The van der Waals surface area contributed by atoms with E-state index >= 15 is 0 Å². The molecule has 0 radical (unpaired) electrons. The highest BCUT2D eigenvalue weighted by molar-refractivity contribution is 6.32. The number of ether oxygens (including phenoxy) is 1. The van der Waals surface area contributed by atoms with Crippen molar-refractivity contribution in [2.24, 2.45) is 0 Å². The predicted molar refractivity (Wildman–Crippen MR) is 76.8 cm³/mol. The van der Waals surface area contributed by atoms with Crippen LogP contribution in [0.1, 0.15) is 33.1 Å². The largest absolute Gasteiger partial charge is 0.489 e. The van der Waals surface area contributed by atoms with E-state index in [1.54, 1.807) is 18.2 Å². The Kier molecular flexibility index (Phi) is 6.67. The van der Waals surface area contributed by atoms with Crippen LogP contribution in [0.5, 0.6) is 5.75 Å². The Bertz CT molecular complexity index is 421. The van der Waals surface area contributed by atoms with E-state index in [1.165, 1.54) is 0 Å². The van der Waals surface area contributed by atoms with Crippen molar-refractivity contribution < 1.29 is 14.6 Å². The second-order valence-corrected chi connectivity index (χ2v) is 4.95. The maximum Gasteiger partial charge on any atom is 0.224 e. The number of hydrogen-bond acceptors (Lipinski definition) is 3. The van der Waals surface area contributed by atoms with E-state index in [4.69, 9.17) is 21.4 Å². The number of aliphatic hydroxyl groups excluding tert-OH is 1. The van der Waals surface area contributed by atoms with Gasteiger partial charge >= 0.3 is 0 Å². The molecule has 0 unspecified atom stereocenters. The smallest absolute Gasteiger partial charge is 0.224 e. The third-order valence-corrected chi connectivity index (χ3v) is 2.69. The minimum Gasteiger partial charge on any atom is -0.489 e. The fourth-order valence-electron chi connectivity index (χ4n) is 1.55. The summed E-state index contributed by atoms with van der Waals surface area (Å²) in [5.74, 6) is 0.525. The zero-order chi connectivity index (χ0) is 14.3. The standard InChI is InChI=1S/C14H20ClNO3/c1-10(2)19-13-7-6-11(9-12(13)15)16-14(18)5-3-4-8-17/h6-7,9-10,17H,3-5,8H2,1-2H3,(H,16,18). The Balaban J connectivity index is 2.55. The molecule has 0 aliphatic rings. The Morgan fingerprint density at radius 2 is 2.16 bits per heavy atom. The molecule has 1 rings (SSSR count). The minimum absolute atomic E-state index is 0.0522. The van der Waals surface area contributed by atoms with Gasteiger partial charge in [0.25, 0.3) is 0 Å². The van der Waals surface area contributed by atoms with E-state index in [2.05, 4.69) is 5.32 Å². The van der Waals surface area contributed by atoms with Crippen molar-refractivity contribution in [1.29, 1.82) is 0 Å². The molecule has 0 aromatic heterocycles. The number of anilines is 1. The number of halogens is 1. The van der Waals surface area contributed by atoms with Gasteiger partial charge in [0.1, 0.15) is 5.75 Å². The number of nitrogens with one attached hydrogen (secondary N) is 1. The summed E-state index contributed by atoms with van der Waals surface area (Å²) in [6.07, 6.45) is 1.75. The third-order valence-electron chi connectivity index (χ3n) is 2.39. The Labute approximate surface area is 118 Å². The Morgan fingerprint density at radius 3 is 2.74 bits per heavy atom. The first-order valence-corrected chi connectivity index (χ1v) is 6.77. The number of carbonyl (C=O) groups is 1. The lowest BCUT2D eigenvalue weighted by molar-refractivity contribution is -0.116. The van der Waals surface area contributed by atoms with Gasteiger partial charge in [-0.15, -0.1) is 0 Å². The molecule has 0 atom stereocenters. The van der Waals surface area contributed by atoms with E-state index in [-0.39, 0.29) is 18.6 Å². The highest BCUT2D eigenvalue weighted by atomic mass is 35.5. The number of aliphatic hydroxyl groups is 1. The maximum absolute atomic E-state index is 11.6. The van der Waals surface area contributed by atoms with Gasteiger partial charge in [0.15, 0.2) is 0 Å².